The van der Waals surface area contributed by atoms with E-state index in [0.717, 1.165) is 0 Å². The predicted octanol–water partition coefficient (Wildman–Crippen LogP) is 1.56. The lowest BCUT2D eigenvalue weighted by atomic mass is 10.3. The van der Waals surface area contributed by atoms with E-state index in [1.807, 2.05) is 20.8 Å². The normalized spacial score (nSPS) is 16.5. The molecule has 0 heterocycles. The van der Waals surface area contributed by atoms with Crippen molar-refractivity contribution < 1.29 is 4.21 Å². The van der Waals surface area contributed by atoms with Crippen LogP contribution in [0.1, 0.15) is 20.8 Å². The fourth-order valence-corrected chi connectivity index (χ4v) is 0.822. The van der Waals surface area contributed by atoms with Gasteiger partial charge >= 0.3 is 0 Å². The molecule has 0 N–H and O–H groups in total. The van der Waals surface area contributed by atoms with Crippen LogP contribution in [0, 0.1) is 0 Å². The Morgan fingerprint density at radius 2 is 1.75 bits per heavy atom. The summed E-state index contributed by atoms with van der Waals surface area (Å²) in [5.41, 5.74) is 0. The van der Waals surface area contributed by atoms with Crippen molar-refractivity contribution in [2.75, 3.05) is 7.05 Å². The number of hydrogen-bond acceptors (Lipinski definition) is 3. The highest BCUT2D eigenvalue weighted by Crippen LogP contribution is 2.05. The second-order valence-corrected chi connectivity index (χ2v) is 4.63. The summed E-state index contributed by atoms with van der Waals surface area (Å²) in [6.07, 6.45) is 0. The van der Waals surface area contributed by atoms with Crippen molar-refractivity contribution in [3.63, 3.8) is 0 Å². The summed E-state index contributed by atoms with van der Waals surface area (Å²) in [6, 6.07) is 0. The maximum absolute atomic E-state index is 10.8. The summed E-state index contributed by atoms with van der Waals surface area (Å²) >= 11 is 0. The molecule has 0 radical (unpaired) electrons. The van der Waals surface area contributed by atoms with E-state index in [0.29, 0.717) is 0 Å². The zero-order valence-corrected chi connectivity index (χ0v) is 6.58. The fourth-order valence-electron chi connectivity index (χ4n) is 0.274. The Kier molecular flexibility index (Phi) is 2.47. The van der Waals surface area contributed by atoms with E-state index in [4.69, 9.17) is 0 Å². The van der Waals surface area contributed by atoms with E-state index < -0.39 is 10.6 Å². The summed E-state index contributed by atoms with van der Waals surface area (Å²) < 4.78 is 14.2. The second-order valence-electron chi connectivity index (χ2n) is 2.54. The maximum Gasteiger partial charge on any atom is 0.000802 e. The maximum atomic E-state index is 10.8. The van der Waals surface area contributed by atoms with Crippen molar-refractivity contribution in [3.8, 4) is 0 Å². The molecule has 0 saturated heterocycles. The topological polar surface area (TPSA) is 29.4 Å². The molecular formula is C5H12NOS-. The molecule has 0 saturated carbocycles. The number of nitrogens with zero attached hydrogens (tertiary/aromatic N) is 1. The van der Waals surface area contributed by atoms with Crippen molar-refractivity contribution >= 4 is 10.6 Å². The zero-order chi connectivity index (χ0) is 6.78. The molecule has 0 amide bonds. The van der Waals surface area contributed by atoms with Crippen LogP contribution in [0.4, 0.5) is 0 Å². The van der Waals surface area contributed by atoms with Gasteiger partial charge in [0, 0.05) is 7.05 Å². The summed E-state index contributed by atoms with van der Waals surface area (Å²) in [7, 11) is 0.552. The van der Waals surface area contributed by atoms with E-state index in [1.54, 1.807) is 7.05 Å². The van der Waals surface area contributed by atoms with Crippen LogP contribution in [0.5, 0.6) is 0 Å². The van der Waals surface area contributed by atoms with Crippen molar-refractivity contribution in [1.29, 1.82) is 0 Å². The lowest BCUT2D eigenvalue weighted by Crippen LogP contribution is -2.14. The molecule has 0 aliphatic carbocycles. The van der Waals surface area contributed by atoms with Gasteiger partial charge in [0.1, 0.15) is 0 Å². The molecule has 0 aromatic rings. The van der Waals surface area contributed by atoms with Gasteiger partial charge in [-0.15, -0.1) is 0 Å². The van der Waals surface area contributed by atoms with Gasteiger partial charge in [-0.1, -0.05) is 25.5 Å². The Morgan fingerprint density at radius 1 is 1.38 bits per heavy atom. The molecule has 0 aliphatic heterocycles. The van der Waals surface area contributed by atoms with Crippen molar-refractivity contribution in [2.45, 2.75) is 25.5 Å². The van der Waals surface area contributed by atoms with Crippen LogP contribution in [-0.2, 0) is 14.8 Å². The lowest BCUT2D eigenvalue weighted by molar-refractivity contribution is 0.581. The van der Waals surface area contributed by atoms with Crippen LogP contribution in [0.15, 0.2) is 4.36 Å². The first-order chi connectivity index (χ1) is 3.48. The molecule has 0 fully saturated rings. The van der Waals surface area contributed by atoms with Gasteiger partial charge in [0.25, 0.3) is 0 Å². The quantitative estimate of drug-likeness (QED) is 0.462. The first-order valence-electron chi connectivity index (χ1n) is 2.50. The lowest BCUT2D eigenvalue weighted by Gasteiger charge is -2.21. The highest BCUT2D eigenvalue weighted by atomic mass is 32.2. The molecule has 0 rings (SSSR count). The smallest absolute Gasteiger partial charge is 0.000802 e. The third kappa shape index (κ3) is 2.31. The molecule has 0 atom stereocenters. The van der Waals surface area contributed by atoms with Gasteiger partial charge in [0.2, 0.25) is 0 Å². The minimum atomic E-state index is -1.02. The largest absolute Gasteiger partial charge is 0.444 e. The van der Waals surface area contributed by atoms with Gasteiger partial charge in [0.05, 0.1) is 0 Å². The van der Waals surface area contributed by atoms with Crippen molar-refractivity contribution in [2.24, 2.45) is 4.36 Å². The molecule has 0 aromatic carbocycles. The Labute approximate surface area is 52.5 Å². The highest BCUT2D eigenvalue weighted by Gasteiger charge is 1.98. The predicted molar refractivity (Wildman–Crippen MR) is 36.2 cm³/mol. The van der Waals surface area contributed by atoms with Crippen molar-refractivity contribution in [3.05, 3.63) is 0 Å². The van der Waals surface area contributed by atoms with Gasteiger partial charge < -0.3 is 8.57 Å². The van der Waals surface area contributed by atoms with E-state index in [9.17, 15) is 4.21 Å². The van der Waals surface area contributed by atoms with E-state index in [-0.39, 0.29) is 4.75 Å². The van der Waals surface area contributed by atoms with Gasteiger partial charge in [0.15, 0.2) is 0 Å². The van der Waals surface area contributed by atoms with Gasteiger partial charge in [-0.2, -0.15) is 10.6 Å². The third-order valence-electron chi connectivity index (χ3n) is 0.690. The van der Waals surface area contributed by atoms with Gasteiger partial charge in [-0.05, 0) is 0 Å². The molecule has 0 aromatic heterocycles. The first-order valence-corrected chi connectivity index (χ1v) is 3.61. The molecule has 8 heavy (non-hydrogen) atoms. The van der Waals surface area contributed by atoms with Gasteiger partial charge in [-0.25, -0.2) is 0 Å². The fraction of sp³-hybridized carbons (Fsp3) is 1.00. The Hall–Kier alpha value is -0.0500. The number of hydrogen-bond donors (Lipinski definition) is 0. The molecule has 0 aliphatic rings. The van der Waals surface area contributed by atoms with Crippen LogP contribution >= 0.6 is 0 Å². The van der Waals surface area contributed by atoms with Crippen molar-refractivity contribution in [1.82, 2.24) is 0 Å². The Balaban J connectivity index is 4.27. The van der Waals surface area contributed by atoms with E-state index in [2.05, 4.69) is 4.36 Å². The van der Waals surface area contributed by atoms with Crippen LogP contribution in [-0.4, -0.2) is 11.8 Å². The monoisotopic (exact) mass is 134 g/mol. The number of rotatable bonds is 0. The van der Waals surface area contributed by atoms with E-state index >= 15 is 0 Å². The van der Waals surface area contributed by atoms with Crippen LogP contribution in [0.3, 0.4) is 0 Å². The summed E-state index contributed by atoms with van der Waals surface area (Å²) in [5.74, 6) is 0. The summed E-state index contributed by atoms with van der Waals surface area (Å²) in [6.45, 7) is 5.70. The van der Waals surface area contributed by atoms with Crippen LogP contribution < -0.4 is 0 Å². The minimum Gasteiger partial charge on any atom is -0.444 e. The minimum absolute atomic E-state index is 0.186. The Morgan fingerprint density at radius 3 is 1.75 bits per heavy atom. The van der Waals surface area contributed by atoms with Crippen LogP contribution in [0.2, 0.25) is 0 Å². The average Bonchev–Trinajstić information content (AvgIpc) is 1.62. The zero-order valence-electron chi connectivity index (χ0n) is 5.76. The highest BCUT2D eigenvalue weighted by molar-refractivity contribution is 7.76. The second kappa shape index (κ2) is 2.49. The standard InChI is InChI=1S/C5H12NOS/c1-5(2,3)8(7)6-4/h1-4H3/q-1. The summed E-state index contributed by atoms with van der Waals surface area (Å²) in [5, 5.41) is 0. The molecule has 2 nitrogen and oxygen atoms in total. The average molecular weight is 134 g/mol. The molecule has 50 valence electrons. The van der Waals surface area contributed by atoms with E-state index in [1.165, 1.54) is 0 Å². The molecule has 0 unspecified atom stereocenters. The van der Waals surface area contributed by atoms with Crippen LogP contribution in [0.25, 0.3) is 0 Å². The molecule has 0 spiro atoms. The first kappa shape index (κ1) is 7.95. The molecule has 3 heteroatoms. The Bertz CT molecular complexity index is 139. The molecular weight excluding hydrogens is 122 g/mol. The SMILES string of the molecule is CN=[S-](=O)C(C)(C)C. The third-order valence-corrected chi connectivity index (χ3v) is 2.07. The van der Waals surface area contributed by atoms with Gasteiger partial charge in [-0.3, -0.25) is 0 Å². The summed E-state index contributed by atoms with van der Waals surface area (Å²) in [4.78, 5) is 0. The molecule has 0 bridgehead atoms.